The van der Waals surface area contributed by atoms with Gasteiger partial charge in [-0.25, -0.2) is 4.98 Å². The minimum Gasteiger partial charge on any atom is -0.495 e. The highest BCUT2D eigenvalue weighted by Crippen LogP contribution is 2.28. The van der Waals surface area contributed by atoms with E-state index in [1.54, 1.807) is 30.3 Å². The standard InChI is InChI=1S/C14H12N4O2/c1-20-11-6-2-4-9(8-15)12(11)18-14(19)13-10(16)5-3-7-17-13/h2-7H,16H2,1H3,(H,18,19). The molecule has 6 nitrogen and oxygen atoms in total. The number of nitrogens with one attached hydrogen (secondary N) is 1. The molecule has 0 atom stereocenters. The number of aromatic nitrogens is 1. The van der Waals surface area contributed by atoms with E-state index in [-0.39, 0.29) is 11.4 Å². The van der Waals surface area contributed by atoms with Crippen LogP contribution in [-0.4, -0.2) is 18.0 Å². The lowest BCUT2D eigenvalue weighted by Gasteiger charge is -2.11. The number of ether oxygens (including phenoxy) is 1. The summed E-state index contributed by atoms with van der Waals surface area (Å²) in [5, 5.41) is 11.7. The lowest BCUT2D eigenvalue weighted by Crippen LogP contribution is -2.17. The fraction of sp³-hybridized carbons (Fsp3) is 0.0714. The molecule has 0 aliphatic rings. The molecule has 2 aromatic rings. The van der Waals surface area contributed by atoms with Crippen LogP contribution in [0.1, 0.15) is 16.1 Å². The number of benzene rings is 1. The zero-order chi connectivity index (χ0) is 14.5. The molecule has 1 aromatic heterocycles. The zero-order valence-corrected chi connectivity index (χ0v) is 10.8. The van der Waals surface area contributed by atoms with Gasteiger partial charge in [-0.15, -0.1) is 0 Å². The van der Waals surface area contributed by atoms with Crippen molar-refractivity contribution in [2.75, 3.05) is 18.2 Å². The van der Waals surface area contributed by atoms with Gasteiger partial charge < -0.3 is 15.8 Å². The molecule has 3 N–H and O–H groups in total. The first-order chi connectivity index (χ1) is 9.67. The highest BCUT2D eigenvalue weighted by molar-refractivity contribution is 6.07. The molecule has 6 heteroatoms. The summed E-state index contributed by atoms with van der Waals surface area (Å²) < 4.78 is 5.14. The maximum atomic E-state index is 12.2. The monoisotopic (exact) mass is 268 g/mol. The Kier molecular flexibility index (Phi) is 3.82. The van der Waals surface area contributed by atoms with Crippen molar-refractivity contribution in [1.29, 1.82) is 5.26 Å². The van der Waals surface area contributed by atoms with Crippen molar-refractivity contribution in [2.45, 2.75) is 0 Å². The van der Waals surface area contributed by atoms with Crippen molar-refractivity contribution in [3.63, 3.8) is 0 Å². The van der Waals surface area contributed by atoms with E-state index in [4.69, 9.17) is 15.7 Å². The van der Waals surface area contributed by atoms with Gasteiger partial charge in [0.1, 0.15) is 17.5 Å². The fourth-order valence-corrected chi connectivity index (χ4v) is 1.70. The maximum absolute atomic E-state index is 12.2. The Balaban J connectivity index is 2.38. The number of pyridine rings is 1. The van der Waals surface area contributed by atoms with E-state index in [1.807, 2.05) is 6.07 Å². The summed E-state index contributed by atoms with van der Waals surface area (Å²) >= 11 is 0. The number of carbonyl (C=O) groups excluding carboxylic acids is 1. The predicted molar refractivity (Wildman–Crippen MR) is 74.3 cm³/mol. The lowest BCUT2D eigenvalue weighted by molar-refractivity contribution is 0.102. The highest BCUT2D eigenvalue weighted by atomic mass is 16.5. The van der Waals surface area contributed by atoms with Crippen LogP contribution < -0.4 is 15.8 Å². The average Bonchev–Trinajstić information content (AvgIpc) is 2.47. The number of methoxy groups -OCH3 is 1. The molecule has 1 aromatic carbocycles. The number of para-hydroxylation sites is 1. The van der Waals surface area contributed by atoms with Gasteiger partial charge in [-0.2, -0.15) is 5.26 Å². The topological polar surface area (TPSA) is 101 Å². The molecule has 0 fully saturated rings. The molecule has 2 rings (SSSR count). The van der Waals surface area contributed by atoms with E-state index in [0.29, 0.717) is 17.0 Å². The van der Waals surface area contributed by atoms with Gasteiger partial charge in [0, 0.05) is 6.20 Å². The number of carbonyl (C=O) groups is 1. The average molecular weight is 268 g/mol. The molecule has 1 amide bonds. The normalized spacial score (nSPS) is 9.60. The second-order valence-electron chi connectivity index (χ2n) is 3.89. The summed E-state index contributed by atoms with van der Waals surface area (Å²) in [6.07, 6.45) is 1.47. The number of hydrogen-bond donors (Lipinski definition) is 2. The summed E-state index contributed by atoms with van der Waals surface area (Å²) in [4.78, 5) is 16.1. The van der Waals surface area contributed by atoms with Crippen molar-refractivity contribution >= 4 is 17.3 Å². The second kappa shape index (κ2) is 5.71. The van der Waals surface area contributed by atoms with Crippen LogP contribution in [0.5, 0.6) is 5.75 Å². The van der Waals surface area contributed by atoms with Crippen LogP contribution in [0, 0.1) is 11.3 Å². The number of amides is 1. The van der Waals surface area contributed by atoms with Crippen LogP contribution in [0.25, 0.3) is 0 Å². The van der Waals surface area contributed by atoms with Gasteiger partial charge in [-0.3, -0.25) is 4.79 Å². The number of nitrogens with zero attached hydrogens (tertiary/aromatic N) is 2. The molecule has 0 saturated heterocycles. The van der Waals surface area contributed by atoms with Crippen molar-refractivity contribution < 1.29 is 9.53 Å². The molecule has 0 saturated carbocycles. The van der Waals surface area contributed by atoms with Gasteiger partial charge in [-0.05, 0) is 24.3 Å². The Labute approximate surface area is 115 Å². The molecule has 100 valence electrons. The molecule has 0 unspecified atom stereocenters. The summed E-state index contributed by atoms with van der Waals surface area (Å²) in [6.45, 7) is 0. The van der Waals surface area contributed by atoms with Gasteiger partial charge in [0.05, 0.1) is 18.4 Å². The predicted octanol–water partition coefficient (Wildman–Crippen LogP) is 1.80. The third kappa shape index (κ3) is 2.52. The van der Waals surface area contributed by atoms with E-state index < -0.39 is 5.91 Å². The Morgan fingerprint density at radius 1 is 1.40 bits per heavy atom. The molecule has 1 heterocycles. The van der Waals surface area contributed by atoms with E-state index in [1.165, 1.54) is 13.3 Å². The van der Waals surface area contributed by atoms with Crippen LogP contribution in [0.4, 0.5) is 11.4 Å². The van der Waals surface area contributed by atoms with Gasteiger partial charge in [0.15, 0.2) is 5.69 Å². The third-order valence-electron chi connectivity index (χ3n) is 2.66. The summed E-state index contributed by atoms with van der Waals surface area (Å²) in [5.41, 5.74) is 6.66. The maximum Gasteiger partial charge on any atom is 0.276 e. The highest BCUT2D eigenvalue weighted by Gasteiger charge is 2.16. The molecule has 20 heavy (non-hydrogen) atoms. The van der Waals surface area contributed by atoms with E-state index in [2.05, 4.69) is 10.3 Å². The van der Waals surface area contributed by atoms with E-state index >= 15 is 0 Å². The molecular weight excluding hydrogens is 256 g/mol. The molecular formula is C14H12N4O2. The number of nitriles is 1. The van der Waals surface area contributed by atoms with Crippen LogP contribution in [0.3, 0.4) is 0 Å². The number of nitrogens with two attached hydrogens (primary N) is 1. The zero-order valence-electron chi connectivity index (χ0n) is 10.8. The fourth-order valence-electron chi connectivity index (χ4n) is 1.70. The van der Waals surface area contributed by atoms with Gasteiger partial charge >= 0.3 is 0 Å². The number of rotatable bonds is 3. The van der Waals surface area contributed by atoms with Crippen LogP contribution in [-0.2, 0) is 0 Å². The van der Waals surface area contributed by atoms with Gasteiger partial charge in [-0.1, -0.05) is 6.07 Å². The number of nitrogen functional groups attached to an aromatic ring is 1. The molecule has 0 spiro atoms. The molecule has 0 aliphatic heterocycles. The largest absolute Gasteiger partial charge is 0.495 e. The quantitative estimate of drug-likeness (QED) is 0.883. The summed E-state index contributed by atoms with van der Waals surface area (Å²) in [7, 11) is 1.46. The minimum absolute atomic E-state index is 0.0993. The Bertz CT molecular complexity index is 692. The Morgan fingerprint density at radius 3 is 2.85 bits per heavy atom. The minimum atomic E-state index is -0.496. The first kappa shape index (κ1) is 13.4. The first-order valence-electron chi connectivity index (χ1n) is 5.76. The van der Waals surface area contributed by atoms with Crippen LogP contribution >= 0.6 is 0 Å². The Hall–Kier alpha value is -3.07. The van der Waals surface area contributed by atoms with Crippen LogP contribution in [0.15, 0.2) is 36.5 Å². The molecule has 0 aliphatic carbocycles. The van der Waals surface area contributed by atoms with Crippen molar-refractivity contribution in [2.24, 2.45) is 0 Å². The number of hydrogen-bond acceptors (Lipinski definition) is 5. The Morgan fingerprint density at radius 2 is 2.20 bits per heavy atom. The lowest BCUT2D eigenvalue weighted by atomic mass is 10.1. The molecule has 0 radical (unpaired) electrons. The van der Waals surface area contributed by atoms with Crippen molar-refractivity contribution in [1.82, 2.24) is 4.98 Å². The smallest absolute Gasteiger partial charge is 0.276 e. The van der Waals surface area contributed by atoms with E-state index in [9.17, 15) is 4.79 Å². The van der Waals surface area contributed by atoms with Crippen molar-refractivity contribution in [3.05, 3.63) is 47.8 Å². The third-order valence-corrected chi connectivity index (χ3v) is 2.66. The van der Waals surface area contributed by atoms with Gasteiger partial charge in [0.2, 0.25) is 0 Å². The van der Waals surface area contributed by atoms with Crippen molar-refractivity contribution in [3.8, 4) is 11.8 Å². The number of anilines is 2. The van der Waals surface area contributed by atoms with E-state index in [0.717, 1.165) is 0 Å². The van der Waals surface area contributed by atoms with Crippen LogP contribution in [0.2, 0.25) is 0 Å². The SMILES string of the molecule is COc1cccc(C#N)c1NC(=O)c1ncccc1N. The summed E-state index contributed by atoms with van der Waals surface area (Å²) in [6, 6.07) is 10.1. The van der Waals surface area contributed by atoms with Gasteiger partial charge in [0.25, 0.3) is 5.91 Å². The molecule has 0 bridgehead atoms. The first-order valence-corrected chi connectivity index (χ1v) is 5.76. The summed E-state index contributed by atoms with van der Waals surface area (Å²) in [5.74, 6) is -0.101. The second-order valence-corrected chi connectivity index (χ2v) is 3.89.